The minimum absolute atomic E-state index is 0.226. The zero-order valence-corrected chi connectivity index (χ0v) is 15.3. The molecule has 0 saturated carbocycles. The van der Waals surface area contributed by atoms with Crippen LogP contribution in [-0.4, -0.2) is 48.9 Å². The SMILES string of the molecule is COCCCN1C(=O)[C@@H]2C(C)NC3(C(=O)Nc4c(Cl)cccc43)[C@@H]2C1=O. The number of nitrogens with zero attached hydrogens (tertiary/aromatic N) is 1. The van der Waals surface area contributed by atoms with E-state index in [0.717, 1.165) is 0 Å². The highest BCUT2D eigenvalue weighted by atomic mass is 35.5. The van der Waals surface area contributed by atoms with Gasteiger partial charge < -0.3 is 10.1 Å². The predicted octanol–water partition coefficient (Wildman–Crippen LogP) is 1.12. The van der Waals surface area contributed by atoms with Crippen LogP contribution in [0.15, 0.2) is 18.2 Å². The predicted molar refractivity (Wildman–Crippen MR) is 94.6 cm³/mol. The van der Waals surface area contributed by atoms with E-state index in [1.165, 1.54) is 4.90 Å². The number of amides is 3. The highest BCUT2D eigenvalue weighted by Gasteiger charge is 2.69. The molecule has 4 rings (SSSR count). The van der Waals surface area contributed by atoms with Gasteiger partial charge in [-0.15, -0.1) is 0 Å². The van der Waals surface area contributed by atoms with Crippen LogP contribution in [-0.2, 0) is 24.7 Å². The molecule has 0 aromatic heterocycles. The van der Waals surface area contributed by atoms with Gasteiger partial charge in [-0.3, -0.25) is 24.6 Å². The van der Waals surface area contributed by atoms with E-state index < -0.39 is 17.4 Å². The summed E-state index contributed by atoms with van der Waals surface area (Å²) in [5, 5.41) is 6.46. The number of rotatable bonds is 4. The molecule has 3 amide bonds. The van der Waals surface area contributed by atoms with Crippen LogP contribution in [0.4, 0.5) is 5.69 Å². The third kappa shape index (κ3) is 2.11. The second kappa shape index (κ2) is 6.04. The number of imide groups is 1. The number of para-hydroxylation sites is 1. The maximum absolute atomic E-state index is 13.1. The minimum Gasteiger partial charge on any atom is -0.385 e. The van der Waals surface area contributed by atoms with Gasteiger partial charge in [0.25, 0.3) is 0 Å². The Kier molecular flexibility index (Phi) is 4.06. The lowest BCUT2D eigenvalue weighted by molar-refractivity contribution is -0.143. The minimum atomic E-state index is -1.26. The van der Waals surface area contributed by atoms with Crippen LogP contribution in [0.2, 0.25) is 5.02 Å². The standard InChI is InChI=1S/C18H20ClN3O4/c1-9-12-13(16(24)22(15(12)23)7-4-8-26-2)18(21-9)10-5-3-6-11(19)14(10)20-17(18)25/h3,5-6,9,12-13,21H,4,7-8H2,1-2H3,(H,20,25)/t9?,12-,13+,18?/m1/s1. The molecular weight excluding hydrogens is 358 g/mol. The highest BCUT2D eigenvalue weighted by Crippen LogP contribution is 2.53. The number of carbonyl (C=O) groups excluding carboxylic acids is 3. The molecule has 1 aromatic rings. The zero-order chi connectivity index (χ0) is 18.6. The molecule has 8 heteroatoms. The number of methoxy groups -OCH3 is 1. The number of likely N-dealkylation sites (tertiary alicyclic amines) is 1. The van der Waals surface area contributed by atoms with E-state index in [0.29, 0.717) is 35.8 Å². The van der Waals surface area contributed by atoms with Crippen molar-refractivity contribution in [2.24, 2.45) is 11.8 Å². The summed E-state index contributed by atoms with van der Waals surface area (Å²) >= 11 is 6.24. The molecule has 0 aliphatic carbocycles. The Bertz CT molecular complexity index is 814. The number of hydrogen-bond acceptors (Lipinski definition) is 5. The summed E-state index contributed by atoms with van der Waals surface area (Å²) in [5.41, 5.74) is -0.112. The number of benzene rings is 1. The summed E-state index contributed by atoms with van der Waals surface area (Å²) < 4.78 is 5.02. The molecule has 4 atom stereocenters. The monoisotopic (exact) mass is 377 g/mol. The van der Waals surface area contributed by atoms with Crippen molar-refractivity contribution in [2.45, 2.75) is 24.9 Å². The van der Waals surface area contributed by atoms with Crippen LogP contribution in [0.3, 0.4) is 0 Å². The van der Waals surface area contributed by atoms with Crippen LogP contribution in [0.1, 0.15) is 18.9 Å². The summed E-state index contributed by atoms with van der Waals surface area (Å²) in [6.07, 6.45) is 0.566. The Morgan fingerprint density at radius 3 is 2.77 bits per heavy atom. The number of carbonyl (C=O) groups is 3. The lowest BCUT2D eigenvalue weighted by Crippen LogP contribution is -2.53. The van der Waals surface area contributed by atoms with Crippen molar-refractivity contribution < 1.29 is 19.1 Å². The van der Waals surface area contributed by atoms with E-state index in [-0.39, 0.29) is 23.8 Å². The third-order valence-electron chi connectivity index (χ3n) is 5.67. The van der Waals surface area contributed by atoms with Gasteiger partial charge >= 0.3 is 0 Å². The molecule has 7 nitrogen and oxygen atoms in total. The molecule has 3 aliphatic rings. The van der Waals surface area contributed by atoms with Gasteiger partial charge in [0.1, 0.15) is 5.54 Å². The van der Waals surface area contributed by atoms with Crippen molar-refractivity contribution in [1.82, 2.24) is 10.2 Å². The van der Waals surface area contributed by atoms with E-state index in [1.54, 1.807) is 25.3 Å². The van der Waals surface area contributed by atoms with Crippen molar-refractivity contribution in [3.8, 4) is 0 Å². The van der Waals surface area contributed by atoms with Gasteiger partial charge in [-0.1, -0.05) is 23.7 Å². The molecule has 1 spiro atoms. The van der Waals surface area contributed by atoms with Gasteiger partial charge in [-0.05, 0) is 19.4 Å². The smallest absolute Gasteiger partial charge is 0.250 e. The molecule has 0 radical (unpaired) electrons. The lowest BCUT2D eigenvalue weighted by atomic mass is 9.76. The van der Waals surface area contributed by atoms with Gasteiger partial charge in [-0.25, -0.2) is 0 Å². The summed E-state index contributed by atoms with van der Waals surface area (Å²) in [6, 6.07) is 4.92. The van der Waals surface area contributed by atoms with E-state index in [4.69, 9.17) is 16.3 Å². The number of anilines is 1. The molecule has 2 unspecified atom stereocenters. The number of fused-ring (bicyclic) bond motifs is 4. The molecule has 26 heavy (non-hydrogen) atoms. The molecule has 2 saturated heterocycles. The van der Waals surface area contributed by atoms with Crippen LogP contribution >= 0.6 is 11.6 Å². The maximum atomic E-state index is 13.1. The Morgan fingerprint density at radius 1 is 1.27 bits per heavy atom. The van der Waals surface area contributed by atoms with Crippen molar-refractivity contribution in [3.63, 3.8) is 0 Å². The van der Waals surface area contributed by atoms with E-state index in [1.807, 2.05) is 6.92 Å². The van der Waals surface area contributed by atoms with Gasteiger partial charge in [0, 0.05) is 31.9 Å². The molecule has 2 fully saturated rings. The third-order valence-corrected chi connectivity index (χ3v) is 5.98. The second-order valence-corrected chi connectivity index (χ2v) is 7.44. The van der Waals surface area contributed by atoms with Crippen molar-refractivity contribution in [1.29, 1.82) is 0 Å². The first kappa shape index (κ1) is 17.5. The van der Waals surface area contributed by atoms with Crippen molar-refractivity contribution in [2.75, 3.05) is 25.6 Å². The van der Waals surface area contributed by atoms with Crippen LogP contribution < -0.4 is 10.6 Å². The normalized spacial score (nSPS) is 32.3. The Morgan fingerprint density at radius 2 is 2.04 bits per heavy atom. The first-order chi connectivity index (χ1) is 12.4. The first-order valence-corrected chi connectivity index (χ1v) is 9.03. The van der Waals surface area contributed by atoms with E-state index in [9.17, 15) is 14.4 Å². The second-order valence-electron chi connectivity index (χ2n) is 7.04. The Balaban J connectivity index is 1.77. The number of halogens is 1. The lowest BCUT2D eigenvalue weighted by Gasteiger charge is -2.29. The molecule has 0 bridgehead atoms. The average Bonchev–Trinajstić information content (AvgIpc) is 3.16. The average molecular weight is 378 g/mol. The van der Waals surface area contributed by atoms with Gasteiger partial charge in [-0.2, -0.15) is 0 Å². The fourth-order valence-electron chi connectivity index (χ4n) is 4.60. The van der Waals surface area contributed by atoms with Crippen LogP contribution in [0, 0.1) is 11.8 Å². The molecule has 3 heterocycles. The summed E-state index contributed by atoms with van der Waals surface area (Å²) in [5.74, 6) is -2.21. The van der Waals surface area contributed by atoms with Crippen LogP contribution in [0.5, 0.6) is 0 Å². The number of hydrogen-bond donors (Lipinski definition) is 2. The number of ether oxygens (including phenoxy) is 1. The Hall–Kier alpha value is -1.96. The fraction of sp³-hybridized carbons (Fsp3) is 0.500. The molecule has 138 valence electrons. The summed E-state index contributed by atoms with van der Waals surface area (Å²) in [7, 11) is 1.58. The largest absolute Gasteiger partial charge is 0.385 e. The van der Waals surface area contributed by atoms with E-state index in [2.05, 4.69) is 10.6 Å². The molecular formula is C18H20ClN3O4. The highest BCUT2D eigenvalue weighted by molar-refractivity contribution is 6.35. The van der Waals surface area contributed by atoms with E-state index >= 15 is 0 Å². The quantitative estimate of drug-likeness (QED) is 0.606. The van der Waals surface area contributed by atoms with Gasteiger partial charge in [0.15, 0.2) is 0 Å². The molecule has 2 N–H and O–H groups in total. The summed E-state index contributed by atoms with van der Waals surface area (Å²) in [4.78, 5) is 40.3. The first-order valence-electron chi connectivity index (χ1n) is 8.65. The van der Waals surface area contributed by atoms with Crippen molar-refractivity contribution >= 4 is 35.0 Å². The van der Waals surface area contributed by atoms with Crippen LogP contribution in [0.25, 0.3) is 0 Å². The van der Waals surface area contributed by atoms with Crippen molar-refractivity contribution in [3.05, 3.63) is 28.8 Å². The van der Waals surface area contributed by atoms with Gasteiger partial charge in [0.05, 0.1) is 22.5 Å². The molecule has 3 aliphatic heterocycles. The summed E-state index contributed by atoms with van der Waals surface area (Å²) in [6.45, 7) is 2.60. The fourth-order valence-corrected chi connectivity index (χ4v) is 4.82. The molecule has 1 aromatic carbocycles. The Labute approximate surface area is 156 Å². The number of nitrogens with one attached hydrogen (secondary N) is 2. The maximum Gasteiger partial charge on any atom is 0.250 e. The van der Waals surface area contributed by atoms with Gasteiger partial charge in [0.2, 0.25) is 17.7 Å². The topological polar surface area (TPSA) is 87.7 Å². The zero-order valence-electron chi connectivity index (χ0n) is 14.5.